The van der Waals surface area contributed by atoms with Gasteiger partial charge >= 0.3 is 0 Å². The van der Waals surface area contributed by atoms with Crippen molar-refractivity contribution in [3.8, 4) is 0 Å². The maximum Gasteiger partial charge on any atom is 0.239 e. The van der Waals surface area contributed by atoms with Crippen molar-refractivity contribution in [1.29, 1.82) is 0 Å². The molecule has 0 aromatic rings. The van der Waals surface area contributed by atoms with E-state index in [2.05, 4.69) is 10.2 Å². The molecule has 0 aromatic heterocycles. The van der Waals surface area contributed by atoms with Crippen LogP contribution in [-0.2, 0) is 4.79 Å². The van der Waals surface area contributed by atoms with Gasteiger partial charge in [-0.1, -0.05) is 12.8 Å². The van der Waals surface area contributed by atoms with E-state index in [0.717, 1.165) is 6.54 Å². The largest absolute Gasteiger partial charge is 0.353 e. The molecular weight excluding hydrogens is 202 g/mol. The second kappa shape index (κ2) is 6.21. The Morgan fingerprint density at radius 1 is 1.25 bits per heavy atom. The Kier molecular flexibility index (Phi) is 5.22. The van der Waals surface area contributed by atoms with Crippen LogP contribution in [0.4, 0.5) is 0 Å². The number of nitrogens with two attached hydrogens (primary N) is 1. The highest BCUT2D eigenvalue weighted by atomic mass is 16.2. The van der Waals surface area contributed by atoms with E-state index in [1.54, 1.807) is 13.8 Å². The molecule has 3 N–H and O–H groups in total. The first kappa shape index (κ1) is 13.5. The number of nitrogens with zero attached hydrogens (tertiary/aromatic N) is 1. The molecule has 4 nitrogen and oxygen atoms in total. The molecule has 0 saturated carbocycles. The van der Waals surface area contributed by atoms with E-state index in [-0.39, 0.29) is 5.91 Å². The van der Waals surface area contributed by atoms with Gasteiger partial charge in [-0.25, -0.2) is 0 Å². The summed E-state index contributed by atoms with van der Waals surface area (Å²) in [6.07, 6.45) is 5.27. The van der Waals surface area contributed by atoms with Crippen LogP contribution in [0.25, 0.3) is 0 Å². The fourth-order valence-electron chi connectivity index (χ4n) is 1.92. The zero-order valence-electron chi connectivity index (χ0n) is 10.6. The molecule has 16 heavy (non-hydrogen) atoms. The van der Waals surface area contributed by atoms with Gasteiger partial charge < -0.3 is 16.0 Å². The molecule has 0 aromatic carbocycles. The zero-order valence-corrected chi connectivity index (χ0v) is 10.6. The summed E-state index contributed by atoms with van der Waals surface area (Å²) >= 11 is 0. The van der Waals surface area contributed by atoms with Crippen LogP contribution in [0.3, 0.4) is 0 Å². The number of hydrogen-bond donors (Lipinski definition) is 2. The third-order valence-corrected chi connectivity index (χ3v) is 3.00. The fourth-order valence-corrected chi connectivity index (χ4v) is 1.92. The molecule has 0 spiro atoms. The summed E-state index contributed by atoms with van der Waals surface area (Å²) in [5.74, 6) is -0.0673. The molecule has 1 rings (SSSR count). The Morgan fingerprint density at radius 3 is 2.31 bits per heavy atom. The van der Waals surface area contributed by atoms with Crippen molar-refractivity contribution in [2.75, 3.05) is 26.2 Å². The van der Waals surface area contributed by atoms with Gasteiger partial charge in [-0.05, 0) is 39.8 Å². The van der Waals surface area contributed by atoms with Crippen LogP contribution in [0.5, 0.6) is 0 Å². The van der Waals surface area contributed by atoms with Crippen LogP contribution in [0, 0.1) is 0 Å². The summed E-state index contributed by atoms with van der Waals surface area (Å²) in [6.45, 7) is 7.45. The zero-order chi connectivity index (χ0) is 12.0. The number of nitrogens with one attached hydrogen (secondary N) is 1. The third kappa shape index (κ3) is 4.94. The molecule has 4 heteroatoms. The lowest BCUT2D eigenvalue weighted by atomic mass is 10.1. The summed E-state index contributed by atoms with van der Waals surface area (Å²) in [6, 6.07) is 0. The van der Waals surface area contributed by atoms with Gasteiger partial charge in [0.2, 0.25) is 5.91 Å². The predicted octanol–water partition coefficient (Wildman–Crippen LogP) is 0.716. The molecule has 0 radical (unpaired) electrons. The van der Waals surface area contributed by atoms with Crippen LogP contribution >= 0.6 is 0 Å². The summed E-state index contributed by atoms with van der Waals surface area (Å²) < 4.78 is 0. The number of carbonyl (C=O) groups excluding carboxylic acids is 1. The van der Waals surface area contributed by atoms with Crippen molar-refractivity contribution >= 4 is 5.91 Å². The smallest absolute Gasteiger partial charge is 0.239 e. The maximum atomic E-state index is 11.5. The predicted molar refractivity (Wildman–Crippen MR) is 66.2 cm³/mol. The first-order valence-electron chi connectivity index (χ1n) is 6.30. The summed E-state index contributed by atoms with van der Waals surface area (Å²) in [5.41, 5.74) is 4.93. The monoisotopic (exact) mass is 227 g/mol. The van der Waals surface area contributed by atoms with Crippen LogP contribution in [-0.4, -0.2) is 42.5 Å². The van der Waals surface area contributed by atoms with E-state index in [9.17, 15) is 4.79 Å². The molecule has 1 aliphatic rings. The standard InChI is InChI=1S/C12H25N3O/c1-12(2,13)11(16)14-7-10-15-8-5-3-4-6-9-15/h3-10,13H2,1-2H3,(H,14,16). The molecule has 1 amide bonds. The Labute approximate surface area is 98.6 Å². The van der Waals surface area contributed by atoms with E-state index < -0.39 is 5.54 Å². The van der Waals surface area contributed by atoms with Crippen molar-refractivity contribution in [3.05, 3.63) is 0 Å². The summed E-state index contributed by atoms with van der Waals surface area (Å²) in [5, 5.41) is 2.88. The number of likely N-dealkylation sites (tertiary alicyclic amines) is 1. The lowest BCUT2D eigenvalue weighted by Gasteiger charge is -2.22. The number of amides is 1. The fraction of sp³-hybridized carbons (Fsp3) is 0.917. The highest BCUT2D eigenvalue weighted by Gasteiger charge is 2.21. The molecule has 1 fully saturated rings. The second-order valence-electron chi connectivity index (χ2n) is 5.23. The molecule has 0 unspecified atom stereocenters. The van der Waals surface area contributed by atoms with E-state index in [1.165, 1.54) is 38.8 Å². The molecule has 0 bridgehead atoms. The second-order valence-corrected chi connectivity index (χ2v) is 5.23. The molecule has 0 atom stereocenters. The van der Waals surface area contributed by atoms with Crippen LogP contribution in [0.1, 0.15) is 39.5 Å². The van der Waals surface area contributed by atoms with Gasteiger partial charge in [0.1, 0.15) is 0 Å². The van der Waals surface area contributed by atoms with Gasteiger partial charge in [-0.15, -0.1) is 0 Å². The third-order valence-electron chi connectivity index (χ3n) is 3.00. The summed E-state index contributed by atoms with van der Waals surface area (Å²) in [4.78, 5) is 13.9. The minimum absolute atomic E-state index is 0.0673. The van der Waals surface area contributed by atoms with E-state index in [4.69, 9.17) is 5.73 Å². The first-order chi connectivity index (χ1) is 7.50. The van der Waals surface area contributed by atoms with Gasteiger partial charge in [0.05, 0.1) is 5.54 Å². The van der Waals surface area contributed by atoms with Crippen LogP contribution in [0.2, 0.25) is 0 Å². The molecule has 94 valence electrons. The topological polar surface area (TPSA) is 58.4 Å². The number of hydrogen-bond acceptors (Lipinski definition) is 3. The Bertz CT molecular complexity index is 215. The Morgan fingerprint density at radius 2 is 1.81 bits per heavy atom. The number of carbonyl (C=O) groups is 1. The van der Waals surface area contributed by atoms with Crippen LogP contribution in [0.15, 0.2) is 0 Å². The first-order valence-corrected chi connectivity index (χ1v) is 6.30. The van der Waals surface area contributed by atoms with Gasteiger partial charge in [0, 0.05) is 13.1 Å². The lowest BCUT2D eigenvalue weighted by Crippen LogP contribution is -2.50. The van der Waals surface area contributed by atoms with Gasteiger partial charge in [0.15, 0.2) is 0 Å². The van der Waals surface area contributed by atoms with Crippen molar-refractivity contribution in [3.63, 3.8) is 0 Å². The van der Waals surface area contributed by atoms with Crippen molar-refractivity contribution in [2.45, 2.75) is 45.1 Å². The van der Waals surface area contributed by atoms with Crippen molar-refractivity contribution in [2.24, 2.45) is 5.73 Å². The molecule has 0 aliphatic carbocycles. The molecule has 1 saturated heterocycles. The van der Waals surface area contributed by atoms with E-state index in [1.807, 2.05) is 0 Å². The minimum Gasteiger partial charge on any atom is -0.353 e. The van der Waals surface area contributed by atoms with Crippen molar-refractivity contribution < 1.29 is 4.79 Å². The SMILES string of the molecule is CC(C)(N)C(=O)NCCN1CCCCCC1. The average molecular weight is 227 g/mol. The maximum absolute atomic E-state index is 11.5. The van der Waals surface area contributed by atoms with E-state index in [0.29, 0.717) is 6.54 Å². The molecule has 1 aliphatic heterocycles. The highest BCUT2D eigenvalue weighted by Crippen LogP contribution is 2.08. The lowest BCUT2D eigenvalue weighted by molar-refractivity contribution is -0.125. The van der Waals surface area contributed by atoms with Crippen LogP contribution < -0.4 is 11.1 Å². The number of rotatable bonds is 4. The minimum atomic E-state index is -0.765. The van der Waals surface area contributed by atoms with Gasteiger partial charge in [-0.3, -0.25) is 4.79 Å². The Balaban J connectivity index is 2.17. The van der Waals surface area contributed by atoms with Crippen molar-refractivity contribution in [1.82, 2.24) is 10.2 Å². The van der Waals surface area contributed by atoms with E-state index >= 15 is 0 Å². The molecule has 1 heterocycles. The quantitative estimate of drug-likeness (QED) is 0.744. The van der Waals surface area contributed by atoms with Gasteiger partial charge in [0.25, 0.3) is 0 Å². The molecular formula is C12H25N3O. The Hall–Kier alpha value is -0.610. The van der Waals surface area contributed by atoms with Gasteiger partial charge in [-0.2, -0.15) is 0 Å². The summed E-state index contributed by atoms with van der Waals surface area (Å²) in [7, 11) is 0. The normalized spacial score (nSPS) is 19.2. The highest BCUT2D eigenvalue weighted by molar-refractivity contribution is 5.84. The average Bonchev–Trinajstić information content (AvgIpc) is 2.44.